The van der Waals surface area contributed by atoms with E-state index >= 15 is 0 Å². The summed E-state index contributed by atoms with van der Waals surface area (Å²) in [6.45, 7) is 0.930. The standard InChI is InChI=1S/C11H21NO2/c12-9-7-11(13,8-9)5-1-3-10-4-2-6-14-10/h9-10,13H,1-8,12H2. The van der Waals surface area contributed by atoms with Crippen LogP contribution in [0.4, 0.5) is 0 Å². The molecule has 3 N–H and O–H groups in total. The van der Waals surface area contributed by atoms with Crippen LogP contribution in [0.15, 0.2) is 0 Å². The van der Waals surface area contributed by atoms with Gasteiger partial charge in [-0.15, -0.1) is 0 Å². The van der Waals surface area contributed by atoms with E-state index in [2.05, 4.69) is 0 Å². The van der Waals surface area contributed by atoms with Gasteiger partial charge in [-0.25, -0.2) is 0 Å². The van der Waals surface area contributed by atoms with Gasteiger partial charge in [0.25, 0.3) is 0 Å². The quantitative estimate of drug-likeness (QED) is 0.715. The van der Waals surface area contributed by atoms with Crippen LogP contribution >= 0.6 is 0 Å². The molecule has 2 fully saturated rings. The molecule has 1 aliphatic carbocycles. The molecule has 0 aromatic rings. The molecule has 3 heteroatoms. The molecule has 1 heterocycles. The van der Waals surface area contributed by atoms with Gasteiger partial charge < -0.3 is 15.6 Å². The van der Waals surface area contributed by atoms with Gasteiger partial charge in [-0.05, 0) is 44.9 Å². The molecule has 0 aromatic heterocycles. The van der Waals surface area contributed by atoms with Crippen molar-refractivity contribution >= 4 is 0 Å². The second-order valence-electron chi connectivity index (χ2n) is 4.92. The molecule has 1 unspecified atom stereocenters. The predicted octanol–water partition coefficient (Wildman–Crippen LogP) is 1.19. The van der Waals surface area contributed by atoms with Gasteiger partial charge >= 0.3 is 0 Å². The second-order valence-corrected chi connectivity index (χ2v) is 4.92. The molecule has 82 valence electrons. The highest BCUT2D eigenvalue weighted by Crippen LogP contribution is 2.35. The lowest BCUT2D eigenvalue weighted by atomic mass is 9.73. The van der Waals surface area contributed by atoms with Crippen molar-refractivity contribution in [2.75, 3.05) is 6.61 Å². The first-order valence-corrected chi connectivity index (χ1v) is 5.77. The van der Waals surface area contributed by atoms with E-state index in [1.54, 1.807) is 0 Å². The minimum absolute atomic E-state index is 0.239. The van der Waals surface area contributed by atoms with Gasteiger partial charge in [-0.2, -0.15) is 0 Å². The molecule has 2 aliphatic rings. The van der Waals surface area contributed by atoms with E-state index in [0.29, 0.717) is 6.10 Å². The van der Waals surface area contributed by atoms with E-state index in [1.165, 1.54) is 12.8 Å². The van der Waals surface area contributed by atoms with Crippen LogP contribution < -0.4 is 5.73 Å². The van der Waals surface area contributed by atoms with Crippen LogP contribution in [0.2, 0.25) is 0 Å². The Labute approximate surface area is 85.6 Å². The summed E-state index contributed by atoms with van der Waals surface area (Å²) < 4.78 is 5.53. The Hall–Kier alpha value is -0.120. The third-order valence-corrected chi connectivity index (χ3v) is 3.48. The molecule has 1 saturated carbocycles. The number of rotatable bonds is 4. The Morgan fingerprint density at radius 3 is 2.79 bits per heavy atom. The molecule has 1 atom stereocenters. The first-order chi connectivity index (χ1) is 6.68. The number of hydrogen-bond acceptors (Lipinski definition) is 3. The van der Waals surface area contributed by atoms with Gasteiger partial charge in [0.2, 0.25) is 0 Å². The first-order valence-electron chi connectivity index (χ1n) is 5.77. The zero-order valence-electron chi connectivity index (χ0n) is 8.74. The monoisotopic (exact) mass is 199 g/mol. The van der Waals surface area contributed by atoms with E-state index in [9.17, 15) is 5.11 Å². The minimum atomic E-state index is -0.433. The largest absolute Gasteiger partial charge is 0.390 e. The number of hydrogen-bond donors (Lipinski definition) is 2. The third kappa shape index (κ3) is 2.47. The number of nitrogens with two attached hydrogens (primary N) is 1. The summed E-state index contributed by atoms with van der Waals surface area (Å²) in [5.41, 5.74) is 5.23. The molecule has 2 rings (SSSR count). The summed E-state index contributed by atoms with van der Waals surface area (Å²) in [5.74, 6) is 0. The lowest BCUT2D eigenvalue weighted by molar-refractivity contribution is -0.0564. The lowest BCUT2D eigenvalue weighted by Crippen LogP contribution is -2.51. The Kier molecular flexibility index (Phi) is 3.10. The van der Waals surface area contributed by atoms with Crippen molar-refractivity contribution in [1.29, 1.82) is 0 Å². The minimum Gasteiger partial charge on any atom is -0.390 e. The van der Waals surface area contributed by atoms with Crippen molar-refractivity contribution in [3.8, 4) is 0 Å². The molecule has 3 nitrogen and oxygen atoms in total. The molecule has 1 saturated heterocycles. The molecule has 1 aliphatic heterocycles. The zero-order valence-corrected chi connectivity index (χ0v) is 8.74. The van der Waals surface area contributed by atoms with Gasteiger partial charge in [0, 0.05) is 12.6 Å². The van der Waals surface area contributed by atoms with Crippen LogP contribution in [0.25, 0.3) is 0 Å². The summed E-state index contributed by atoms with van der Waals surface area (Å²) >= 11 is 0. The van der Waals surface area contributed by atoms with Crippen LogP contribution in [-0.4, -0.2) is 29.5 Å². The molecule has 0 bridgehead atoms. The fourth-order valence-electron chi connectivity index (χ4n) is 2.65. The summed E-state index contributed by atoms with van der Waals surface area (Å²) in [6.07, 6.45) is 7.55. The Morgan fingerprint density at radius 1 is 1.43 bits per heavy atom. The van der Waals surface area contributed by atoms with Gasteiger partial charge in [0.15, 0.2) is 0 Å². The molecular formula is C11H21NO2. The van der Waals surface area contributed by atoms with E-state index in [4.69, 9.17) is 10.5 Å². The van der Waals surface area contributed by atoms with Crippen LogP contribution in [0, 0.1) is 0 Å². The lowest BCUT2D eigenvalue weighted by Gasteiger charge is -2.42. The average molecular weight is 199 g/mol. The zero-order chi connectivity index (χ0) is 10.0. The maximum atomic E-state index is 9.93. The Morgan fingerprint density at radius 2 is 2.21 bits per heavy atom. The van der Waals surface area contributed by atoms with Crippen molar-refractivity contribution in [3.05, 3.63) is 0 Å². The van der Waals surface area contributed by atoms with E-state index in [-0.39, 0.29) is 6.04 Å². The highest BCUT2D eigenvalue weighted by atomic mass is 16.5. The van der Waals surface area contributed by atoms with Gasteiger partial charge in [0.05, 0.1) is 11.7 Å². The maximum absolute atomic E-state index is 9.93. The highest BCUT2D eigenvalue weighted by Gasteiger charge is 2.39. The Balaban J connectivity index is 1.58. The highest BCUT2D eigenvalue weighted by molar-refractivity contribution is 4.96. The van der Waals surface area contributed by atoms with Crippen molar-refractivity contribution in [2.45, 2.75) is 62.7 Å². The van der Waals surface area contributed by atoms with Crippen LogP contribution in [0.1, 0.15) is 44.9 Å². The fraction of sp³-hybridized carbons (Fsp3) is 1.00. The van der Waals surface area contributed by atoms with Crippen LogP contribution in [-0.2, 0) is 4.74 Å². The summed E-state index contributed by atoms with van der Waals surface area (Å²) in [7, 11) is 0. The van der Waals surface area contributed by atoms with E-state index < -0.39 is 5.60 Å². The van der Waals surface area contributed by atoms with Crippen molar-refractivity contribution in [3.63, 3.8) is 0 Å². The third-order valence-electron chi connectivity index (χ3n) is 3.48. The molecule has 0 amide bonds. The first kappa shape index (κ1) is 10.4. The van der Waals surface area contributed by atoms with E-state index in [1.807, 2.05) is 0 Å². The summed E-state index contributed by atoms with van der Waals surface area (Å²) in [6, 6.07) is 0.239. The topological polar surface area (TPSA) is 55.5 Å². The average Bonchev–Trinajstić information content (AvgIpc) is 2.54. The van der Waals surface area contributed by atoms with Gasteiger partial charge in [-0.3, -0.25) is 0 Å². The molecule has 0 aromatic carbocycles. The van der Waals surface area contributed by atoms with Crippen LogP contribution in [0.5, 0.6) is 0 Å². The molecule has 0 radical (unpaired) electrons. The fourth-order valence-corrected chi connectivity index (χ4v) is 2.65. The van der Waals surface area contributed by atoms with Crippen molar-refractivity contribution < 1.29 is 9.84 Å². The molecular weight excluding hydrogens is 178 g/mol. The maximum Gasteiger partial charge on any atom is 0.0677 e. The smallest absolute Gasteiger partial charge is 0.0677 e. The summed E-state index contributed by atoms with van der Waals surface area (Å²) in [5, 5.41) is 9.93. The van der Waals surface area contributed by atoms with Gasteiger partial charge in [0.1, 0.15) is 0 Å². The predicted molar refractivity (Wildman–Crippen MR) is 55.0 cm³/mol. The van der Waals surface area contributed by atoms with Crippen molar-refractivity contribution in [2.24, 2.45) is 5.73 Å². The van der Waals surface area contributed by atoms with Gasteiger partial charge in [-0.1, -0.05) is 0 Å². The molecule has 14 heavy (non-hydrogen) atoms. The Bertz CT molecular complexity index is 184. The SMILES string of the molecule is NC1CC(O)(CCCC2CCCO2)C1. The van der Waals surface area contributed by atoms with Crippen LogP contribution in [0.3, 0.4) is 0 Å². The normalized spacial score (nSPS) is 42.4. The second kappa shape index (κ2) is 4.17. The number of ether oxygens (including phenoxy) is 1. The van der Waals surface area contributed by atoms with Crippen molar-refractivity contribution in [1.82, 2.24) is 0 Å². The van der Waals surface area contributed by atoms with E-state index in [0.717, 1.165) is 38.7 Å². The summed E-state index contributed by atoms with van der Waals surface area (Å²) in [4.78, 5) is 0. The molecule has 0 spiro atoms. The number of aliphatic hydroxyl groups is 1.